The van der Waals surface area contributed by atoms with Crippen LogP contribution in [0.25, 0.3) is 0 Å². The molecule has 0 saturated carbocycles. The summed E-state index contributed by atoms with van der Waals surface area (Å²) in [7, 11) is -3.89. The van der Waals surface area contributed by atoms with Crippen LogP contribution in [0.15, 0.2) is 29.2 Å². The van der Waals surface area contributed by atoms with Crippen LogP contribution >= 0.6 is 0 Å². The van der Waals surface area contributed by atoms with Gasteiger partial charge in [-0.05, 0) is 42.5 Å². The van der Waals surface area contributed by atoms with Gasteiger partial charge in [-0.2, -0.15) is 0 Å². The normalized spacial score (nSPS) is 12.7. The monoisotopic (exact) mass is 340 g/mol. The van der Waals surface area contributed by atoms with E-state index in [2.05, 4.69) is 23.9 Å². The average Bonchev–Trinajstić information content (AvgIpc) is 2.36. The molecule has 128 valence electrons. The third-order valence-corrected chi connectivity index (χ3v) is 4.53. The second-order valence-electron chi connectivity index (χ2n) is 6.17. The molecular weight excluding hydrogens is 316 g/mol. The molecule has 0 spiro atoms. The van der Waals surface area contributed by atoms with E-state index in [1.54, 1.807) is 0 Å². The van der Waals surface area contributed by atoms with Crippen molar-refractivity contribution in [1.82, 2.24) is 4.72 Å². The first kappa shape index (κ1) is 19.2. The van der Waals surface area contributed by atoms with Gasteiger partial charge < -0.3 is 5.32 Å². The fourth-order valence-corrected chi connectivity index (χ4v) is 3.37. The number of hydrogen-bond donors (Lipinski definition) is 2. The van der Waals surface area contributed by atoms with Crippen LogP contribution in [0.4, 0.5) is 5.69 Å². The van der Waals surface area contributed by atoms with Gasteiger partial charge in [0.1, 0.15) is 0 Å². The van der Waals surface area contributed by atoms with E-state index in [-0.39, 0.29) is 23.1 Å². The summed E-state index contributed by atoms with van der Waals surface area (Å²) in [5.74, 6) is -0.180. The van der Waals surface area contributed by atoms with Crippen LogP contribution in [0.5, 0.6) is 0 Å². The van der Waals surface area contributed by atoms with E-state index in [4.69, 9.17) is 0 Å². The molecular formula is C16H24N2O4S. The molecule has 1 atom stereocenters. The fourth-order valence-electron chi connectivity index (χ4n) is 2.38. The van der Waals surface area contributed by atoms with E-state index < -0.39 is 15.9 Å². The lowest BCUT2D eigenvalue weighted by molar-refractivity contribution is -0.120. The van der Waals surface area contributed by atoms with Gasteiger partial charge in [-0.3, -0.25) is 9.59 Å². The summed E-state index contributed by atoms with van der Waals surface area (Å²) in [6, 6.07) is 5.64. The van der Waals surface area contributed by atoms with Gasteiger partial charge in [-0.25, -0.2) is 13.1 Å². The summed E-state index contributed by atoms with van der Waals surface area (Å²) in [5, 5.41) is 2.55. The Kier molecular flexibility index (Phi) is 6.75. The van der Waals surface area contributed by atoms with Gasteiger partial charge in [0.25, 0.3) is 10.0 Å². The van der Waals surface area contributed by atoms with Crippen molar-refractivity contribution in [3.05, 3.63) is 24.3 Å². The van der Waals surface area contributed by atoms with Crippen molar-refractivity contribution in [1.29, 1.82) is 0 Å². The van der Waals surface area contributed by atoms with E-state index in [0.29, 0.717) is 11.6 Å². The smallest absolute Gasteiger partial charge is 0.264 e. The van der Waals surface area contributed by atoms with Gasteiger partial charge in [0.05, 0.1) is 4.90 Å². The molecule has 7 heteroatoms. The molecule has 2 amide bonds. The molecule has 1 aromatic rings. The lowest BCUT2D eigenvalue weighted by Gasteiger charge is -2.14. The van der Waals surface area contributed by atoms with Crippen LogP contribution in [0.1, 0.15) is 40.5 Å². The summed E-state index contributed by atoms with van der Waals surface area (Å²) in [6.07, 6.45) is 1.03. The van der Waals surface area contributed by atoms with Crippen molar-refractivity contribution in [2.24, 2.45) is 11.8 Å². The van der Waals surface area contributed by atoms with Crippen molar-refractivity contribution in [3.8, 4) is 0 Å². The van der Waals surface area contributed by atoms with Crippen LogP contribution in [0, 0.1) is 11.8 Å². The standard InChI is InChI=1S/C16H24N2O4S/c1-11(2)9-12(3)10-16(20)18-23(21,22)15-7-5-14(6-8-15)17-13(4)19/h5-8,11-12H,9-10H2,1-4H3,(H,17,19)(H,18,20)/t12-/m1/s1. The van der Waals surface area contributed by atoms with Crippen molar-refractivity contribution in [3.63, 3.8) is 0 Å². The maximum Gasteiger partial charge on any atom is 0.264 e. The highest BCUT2D eigenvalue weighted by atomic mass is 32.2. The van der Waals surface area contributed by atoms with Crippen molar-refractivity contribution in [2.75, 3.05) is 5.32 Å². The molecule has 2 N–H and O–H groups in total. The molecule has 0 aliphatic carbocycles. The Labute approximate surface area is 137 Å². The van der Waals surface area contributed by atoms with E-state index >= 15 is 0 Å². The minimum Gasteiger partial charge on any atom is -0.326 e. The molecule has 0 unspecified atom stereocenters. The Balaban J connectivity index is 2.71. The van der Waals surface area contributed by atoms with Crippen LogP contribution in [0.3, 0.4) is 0 Å². The second kappa shape index (κ2) is 8.10. The predicted molar refractivity (Wildman–Crippen MR) is 89.3 cm³/mol. The van der Waals surface area contributed by atoms with Gasteiger partial charge in [0.15, 0.2) is 0 Å². The Morgan fingerprint density at radius 1 is 1.09 bits per heavy atom. The Bertz CT molecular complexity index is 651. The number of anilines is 1. The highest BCUT2D eigenvalue weighted by Crippen LogP contribution is 2.16. The van der Waals surface area contributed by atoms with E-state index in [1.165, 1.54) is 31.2 Å². The lowest BCUT2D eigenvalue weighted by Crippen LogP contribution is -2.31. The Hall–Kier alpha value is -1.89. The maximum atomic E-state index is 12.2. The minimum atomic E-state index is -3.89. The molecule has 23 heavy (non-hydrogen) atoms. The van der Waals surface area contributed by atoms with E-state index in [1.807, 2.05) is 6.92 Å². The summed E-state index contributed by atoms with van der Waals surface area (Å²) in [6.45, 7) is 7.40. The molecule has 0 bridgehead atoms. The number of sulfonamides is 1. The van der Waals surface area contributed by atoms with Crippen molar-refractivity contribution in [2.45, 2.75) is 45.4 Å². The van der Waals surface area contributed by atoms with E-state index in [0.717, 1.165) is 6.42 Å². The first-order valence-corrected chi connectivity index (χ1v) is 9.01. The van der Waals surface area contributed by atoms with Gasteiger partial charge >= 0.3 is 0 Å². The number of nitrogens with one attached hydrogen (secondary N) is 2. The van der Waals surface area contributed by atoms with Gasteiger partial charge in [0.2, 0.25) is 11.8 Å². The second-order valence-corrected chi connectivity index (χ2v) is 7.86. The SMILES string of the molecule is CC(=O)Nc1ccc(S(=O)(=O)NC(=O)C[C@H](C)CC(C)C)cc1. The molecule has 0 aliphatic heterocycles. The number of rotatable bonds is 7. The molecule has 6 nitrogen and oxygen atoms in total. The quantitative estimate of drug-likeness (QED) is 0.798. The minimum absolute atomic E-state index is 0.0172. The van der Waals surface area contributed by atoms with Crippen LogP contribution in [-0.2, 0) is 19.6 Å². The lowest BCUT2D eigenvalue weighted by atomic mass is 9.96. The van der Waals surface area contributed by atoms with Crippen molar-refractivity contribution < 1.29 is 18.0 Å². The first-order valence-electron chi connectivity index (χ1n) is 7.53. The molecule has 0 radical (unpaired) electrons. The summed E-state index contributed by atoms with van der Waals surface area (Å²) in [5.41, 5.74) is 0.494. The zero-order valence-corrected chi connectivity index (χ0v) is 14.7. The highest BCUT2D eigenvalue weighted by molar-refractivity contribution is 7.90. The van der Waals surface area contributed by atoms with Gasteiger partial charge in [-0.1, -0.05) is 20.8 Å². The van der Waals surface area contributed by atoms with E-state index in [9.17, 15) is 18.0 Å². The predicted octanol–water partition coefficient (Wildman–Crippen LogP) is 2.52. The maximum absolute atomic E-state index is 12.2. The van der Waals surface area contributed by atoms with Crippen LogP contribution < -0.4 is 10.0 Å². The number of amides is 2. The number of hydrogen-bond acceptors (Lipinski definition) is 4. The first-order chi connectivity index (χ1) is 10.6. The molecule has 0 heterocycles. The summed E-state index contributed by atoms with van der Waals surface area (Å²) >= 11 is 0. The zero-order chi connectivity index (χ0) is 17.6. The third kappa shape index (κ3) is 6.81. The zero-order valence-electron chi connectivity index (χ0n) is 13.9. The third-order valence-electron chi connectivity index (χ3n) is 3.14. The number of carbonyl (C=O) groups excluding carboxylic acids is 2. The van der Waals surface area contributed by atoms with Crippen LogP contribution in [0.2, 0.25) is 0 Å². The molecule has 0 fully saturated rings. The number of carbonyl (C=O) groups is 2. The largest absolute Gasteiger partial charge is 0.326 e. The average molecular weight is 340 g/mol. The summed E-state index contributed by atoms with van der Waals surface area (Å²) < 4.78 is 26.4. The van der Waals surface area contributed by atoms with Gasteiger partial charge in [0, 0.05) is 19.0 Å². The molecule has 0 aromatic heterocycles. The molecule has 1 rings (SSSR count). The number of benzene rings is 1. The molecule has 0 aliphatic rings. The van der Waals surface area contributed by atoms with Crippen LogP contribution in [-0.4, -0.2) is 20.2 Å². The molecule has 1 aromatic carbocycles. The topological polar surface area (TPSA) is 92.3 Å². The van der Waals surface area contributed by atoms with Gasteiger partial charge in [-0.15, -0.1) is 0 Å². The highest BCUT2D eigenvalue weighted by Gasteiger charge is 2.19. The van der Waals surface area contributed by atoms with Crippen molar-refractivity contribution >= 4 is 27.5 Å². The molecule has 0 saturated heterocycles. The Morgan fingerprint density at radius 2 is 1.65 bits per heavy atom. The summed E-state index contributed by atoms with van der Waals surface area (Å²) in [4.78, 5) is 22.8. The Morgan fingerprint density at radius 3 is 2.13 bits per heavy atom. The fraction of sp³-hybridized carbons (Fsp3) is 0.500.